The van der Waals surface area contributed by atoms with Crippen LogP contribution in [-0.2, 0) is 11.2 Å². The molecule has 0 aliphatic carbocycles. The van der Waals surface area contributed by atoms with E-state index in [4.69, 9.17) is 15.6 Å². The minimum Gasteiger partial charge on any atom is -0.506 e. The first-order valence-corrected chi connectivity index (χ1v) is 9.65. The Labute approximate surface area is 174 Å². The Bertz CT molecular complexity index is 734. The first kappa shape index (κ1) is 19.0. The molecule has 0 heterocycles. The molecule has 122 valence electrons. The maximum Gasteiger partial charge on any atom is 0.320 e. The van der Waals surface area contributed by atoms with E-state index in [0.29, 0.717) is 15.1 Å². The van der Waals surface area contributed by atoms with Crippen molar-refractivity contribution in [3.63, 3.8) is 0 Å². The van der Waals surface area contributed by atoms with Crippen LogP contribution in [0, 0.1) is 10.7 Å². The highest BCUT2D eigenvalue weighted by atomic mass is 127. The Morgan fingerprint density at radius 2 is 1.78 bits per heavy atom. The lowest BCUT2D eigenvalue weighted by Crippen LogP contribution is -2.32. The van der Waals surface area contributed by atoms with E-state index in [1.807, 2.05) is 0 Å². The van der Waals surface area contributed by atoms with E-state index in [1.54, 1.807) is 30.3 Å². The van der Waals surface area contributed by atoms with E-state index >= 15 is 0 Å². The van der Waals surface area contributed by atoms with Crippen molar-refractivity contribution in [1.29, 1.82) is 0 Å². The van der Waals surface area contributed by atoms with Crippen LogP contribution in [0.4, 0.5) is 0 Å². The fraction of sp³-hybridized carbons (Fsp3) is 0.133. The molecule has 0 saturated carbocycles. The van der Waals surface area contributed by atoms with Crippen molar-refractivity contribution in [3.8, 4) is 17.2 Å². The molecular formula is C15H12I3NO4. The molecule has 0 aliphatic heterocycles. The molecule has 0 spiro atoms. The molecule has 8 heteroatoms. The largest absolute Gasteiger partial charge is 0.506 e. The number of aliphatic carboxylic acids is 1. The summed E-state index contributed by atoms with van der Waals surface area (Å²) in [6.45, 7) is 0. The number of rotatable bonds is 5. The van der Waals surface area contributed by atoms with Crippen molar-refractivity contribution in [2.75, 3.05) is 0 Å². The van der Waals surface area contributed by atoms with Gasteiger partial charge in [-0.15, -0.1) is 0 Å². The second-order valence-electron chi connectivity index (χ2n) is 4.73. The fourth-order valence-electron chi connectivity index (χ4n) is 1.80. The summed E-state index contributed by atoms with van der Waals surface area (Å²) in [5.41, 5.74) is 6.35. The van der Waals surface area contributed by atoms with Crippen LogP contribution in [0.5, 0.6) is 17.2 Å². The zero-order chi connectivity index (χ0) is 17.1. The first-order valence-electron chi connectivity index (χ1n) is 6.41. The normalized spacial score (nSPS) is 12.0. The molecule has 1 atom stereocenters. The van der Waals surface area contributed by atoms with Gasteiger partial charge in [-0.3, -0.25) is 4.79 Å². The van der Waals surface area contributed by atoms with Gasteiger partial charge in [0.05, 0.1) is 10.7 Å². The van der Waals surface area contributed by atoms with Crippen LogP contribution in [0.2, 0.25) is 0 Å². The molecule has 0 aromatic heterocycles. The van der Waals surface area contributed by atoms with Gasteiger partial charge >= 0.3 is 5.97 Å². The van der Waals surface area contributed by atoms with Gasteiger partial charge in [0.25, 0.3) is 0 Å². The number of benzene rings is 2. The van der Waals surface area contributed by atoms with Crippen LogP contribution in [0.15, 0.2) is 30.3 Å². The highest BCUT2D eigenvalue weighted by Crippen LogP contribution is 2.38. The lowest BCUT2D eigenvalue weighted by atomic mass is 10.1. The summed E-state index contributed by atoms with van der Waals surface area (Å²) in [6.07, 6.45) is 0.266. The van der Waals surface area contributed by atoms with E-state index < -0.39 is 12.0 Å². The average molecular weight is 651 g/mol. The van der Waals surface area contributed by atoms with Crippen LogP contribution in [-0.4, -0.2) is 22.2 Å². The summed E-state index contributed by atoms with van der Waals surface area (Å²) in [4.78, 5) is 10.8. The molecule has 0 aliphatic rings. The van der Waals surface area contributed by atoms with Gasteiger partial charge in [-0.1, -0.05) is 12.1 Å². The number of carboxylic acids is 1. The first-order chi connectivity index (χ1) is 10.8. The number of nitrogens with two attached hydrogens (primary N) is 1. The number of hydrogen-bond acceptors (Lipinski definition) is 4. The van der Waals surface area contributed by atoms with E-state index in [2.05, 4.69) is 67.8 Å². The van der Waals surface area contributed by atoms with Gasteiger partial charge in [0.2, 0.25) is 0 Å². The van der Waals surface area contributed by atoms with Gasteiger partial charge in [0.15, 0.2) is 0 Å². The standard InChI is InChI=1S/C15H12I3NO4/c16-9-6-11(12(17)13(18)14(9)20)23-8-3-1-7(2-4-8)5-10(19)15(21)22/h1-4,6,10,20H,5,19H2,(H,21,22)/t10-/m1/s1. The maximum absolute atomic E-state index is 10.8. The Morgan fingerprint density at radius 1 is 1.17 bits per heavy atom. The topological polar surface area (TPSA) is 92.8 Å². The van der Waals surface area contributed by atoms with Crippen molar-refractivity contribution in [1.82, 2.24) is 0 Å². The smallest absolute Gasteiger partial charge is 0.320 e. The molecule has 0 saturated heterocycles. The molecule has 4 N–H and O–H groups in total. The number of aromatic hydroxyl groups is 1. The van der Waals surface area contributed by atoms with E-state index in [9.17, 15) is 9.90 Å². The van der Waals surface area contributed by atoms with E-state index in [0.717, 1.165) is 12.7 Å². The van der Waals surface area contributed by atoms with Gasteiger partial charge in [-0.25, -0.2) is 0 Å². The van der Waals surface area contributed by atoms with Gasteiger partial charge in [0, 0.05) is 0 Å². The minimum atomic E-state index is -1.02. The fourth-order valence-corrected chi connectivity index (χ4v) is 3.95. The second kappa shape index (κ2) is 8.16. The Hall–Kier alpha value is -0.340. The highest BCUT2D eigenvalue weighted by Gasteiger charge is 2.15. The van der Waals surface area contributed by atoms with Crippen molar-refractivity contribution in [2.24, 2.45) is 5.73 Å². The van der Waals surface area contributed by atoms with Gasteiger partial charge in [-0.2, -0.15) is 0 Å². The number of ether oxygens (including phenoxy) is 1. The molecule has 2 rings (SSSR count). The third-order valence-corrected chi connectivity index (χ3v) is 7.00. The predicted octanol–water partition coefficient (Wildman–Crippen LogP) is 3.95. The van der Waals surface area contributed by atoms with Gasteiger partial charge in [-0.05, 0) is 98.0 Å². The zero-order valence-electron chi connectivity index (χ0n) is 11.6. The molecular weight excluding hydrogens is 639 g/mol. The summed E-state index contributed by atoms with van der Waals surface area (Å²) >= 11 is 6.25. The minimum absolute atomic E-state index is 0.251. The molecule has 0 radical (unpaired) electrons. The summed E-state index contributed by atoms with van der Waals surface area (Å²) in [5, 5.41) is 18.7. The molecule has 2 aromatic carbocycles. The zero-order valence-corrected chi connectivity index (χ0v) is 18.1. The third-order valence-electron chi connectivity index (χ3n) is 3.02. The Kier molecular flexibility index (Phi) is 6.74. The monoisotopic (exact) mass is 651 g/mol. The lowest BCUT2D eigenvalue weighted by molar-refractivity contribution is -0.138. The number of hydrogen-bond donors (Lipinski definition) is 3. The summed E-state index contributed by atoms with van der Waals surface area (Å²) in [7, 11) is 0. The highest BCUT2D eigenvalue weighted by molar-refractivity contribution is 14.1. The maximum atomic E-state index is 10.8. The second-order valence-corrected chi connectivity index (χ2v) is 8.05. The van der Waals surface area contributed by atoms with Crippen molar-refractivity contribution in [3.05, 3.63) is 46.6 Å². The Morgan fingerprint density at radius 3 is 2.35 bits per heavy atom. The van der Waals surface area contributed by atoms with Crippen LogP contribution in [0.25, 0.3) is 0 Å². The van der Waals surface area contributed by atoms with Crippen LogP contribution < -0.4 is 10.5 Å². The quantitative estimate of drug-likeness (QED) is 0.337. The number of halogens is 3. The van der Waals surface area contributed by atoms with Crippen molar-refractivity contribution in [2.45, 2.75) is 12.5 Å². The molecule has 0 unspecified atom stereocenters. The summed E-state index contributed by atoms with van der Waals surface area (Å²) < 4.78 is 8.15. The molecule has 23 heavy (non-hydrogen) atoms. The van der Waals surface area contributed by atoms with E-state index in [-0.39, 0.29) is 12.2 Å². The van der Waals surface area contributed by atoms with Crippen molar-refractivity contribution < 1.29 is 19.7 Å². The van der Waals surface area contributed by atoms with Crippen molar-refractivity contribution >= 4 is 73.7 Å². The summed E-state index contributed by atoms with van der Waals surface area (Å²) in [6, 6.07) is 7.98. The predicted molar refractivity (Wildman–Crippen MR) is 112 cm³/mol. The van der Waals surface area contributed by atoms with Gasteiger partial charge in [0.1, 0.15) is 23.3 Å². The molecule has 0 fully saturated rings. The lowest BCUT2D eigenvalue weighted by Gasteiger charge is -2.12. The SMILES string of the molecule is N[C@H](Cc1ccc(Oc2cc(I)c(O)c(I)c2I)cc1)C(=O)O. The number of phenols is 1. The molecule has 2 aromatic rings. The van der Waals surface area contributed by atoms with Crippen LogP contribution in [0.3, 0.4) is 0 Å². The molecule has 0 bridgehead atoms. The van der Waals surface area contributed by atoms with Gasteiger partial charge < -0.3 is 20.7 Å². The third kappa shape index (κ3) is 4.82. The average Bonchev–Trinajstić information content (AvgIpc) is 2.52. The van der Waals surface area contributed by atoms with Crippen LogP contribution in [0.1, 0.15) is 5.56 Å². The Balaban J connectivity index is 2.17. The summed E-state index contributed by atoms with van der Waals surface area (Å²) in [5.74, 6) is 0.522. The molecule has 0 amide bonds. The molecule has 5 nitrogen and oxygen atoms in total. The van der Waals surface area contributed by atoms with Crippen LogP contribution >= 0.6 is 67.8 Å². The number of carboxylic acid groups (broad SMARTS) is 1. The number of carbonyl (C=O) groups is 1. The number of phenolic OH excluding ortho intramolecular Hbond substituents is 1. The van der Waals surface area contributed by atoms with E-state index in [1.165, 1.54) is 0 Å².